The van der Waals surface area contributed by atoms with Gasteiger partial charge in [0, 0.05) is 43.0 Å². The van der Waals surface area contributed by atoms with Crippen molar-refractivity contribution >= 4 is 0 Å². The third kappa shape index (κ3) is 2.61. The number of aromatic nitrogens is 4. The minimum absolute atomic E-state index is 0.282. The lowest BCUT2D eigenvalue weighted by atomic mass is 9.72. The molecule has 130 valence electrons. The molecule has 0 radical (unpaired) electrons. The molecule has 2 aromatic carbocycles. The molecule has 2 heterocycles. The minimum Gasteiger partial charge on any atom is -0.241 e. The molecule has 0 amide bonds. The molecule has 0 unspecified atom stereocenters. The van der Waals surface area contributed by atoms with E-state index in [1.165, 1.54) is 22.3 Å². The van der Waals surface area contributed by atoms with Crippen LogP contribution in [0, 0.1) is 0 Å². The number of rotatable bonds is 4. The van der Waals surface area contributed by atoms with Gasteiger partial charge in [-0.05, 0) is 34.4 Å². The summed E-state index contributed by atoms with van der Waals surface area (Å²) in [4.78, 5) is 18.1. The van der Waals surface area contributed by atoms with Gasteiger partial charge in [0.15, 0.2) is 0 Å². The van der Waals surface area contributed by atoms with Gasteiger partial charge in [-0.15, -0.1) is 0 Å². The third-order valence-corrected chi connectivity index (χ3v) is 5.33. The Morgan fingerprint density at radius 3 is 1.37 bits per heavy atom. The average Bonchev–Trinajstić information content (AvgIpc) is 3.00. The van der Waals surface area contributed by atoms with E-state index >= 15 is 0 Å². The lowest BCUT2D eigenvalue weighted by molar-refractivity contribution is 0.492. The molecule has 5 rings (SSSR count). The molecule has 0 spiro atoms. The SMILES string of the molecule is c1cnc(CC2(Cc3ncccn3)c3ccccc3-c3ccccc32)nc1. The molecule has 0 aliphatic heterocycles. The average molecular weight is 350 g/mol. The fraction of sp³-hybridized carbons (Fsp3) is 0.130. The number of benzene rings is 2. The smallest absolute Gasteiger partial charge is 0.129 e. The van der Waals surface area contributed by atoms with E-state index in [0.29, 0.717) is 12.8 Å². The van der Waals surface area contributed by atoms with Gasteiger partial charge in [0.2, 0.25) is 0 Å². The molecule has 4 aromatic rings. The maximum atomic E-state index is 4.52. The van der Waals surface area contributed by atoms with Gasteiger partial charge in [-0.1, -0.05) is 48.5 Å². The van der Waals surface area contributed by atoms with E-state index in [-0.39, 0.29) is 5.41 Å². The van der Waals surface area contributed by atoms with Crippen LogP contribution in [0.4, 0.5) is 0 Å². The van der Waals surface area contributed by atoms with E-state index in [1.54, 1.807) is 0 Å². The Morgan fingerprint density at radius 1 is 0.519 bits per heavy atom. The highest BCUT2D eigenvalue weighted by Crippen LogP contribution is 2.51. The maximum Gasteiger partial charge on any atom is 0.129 e. The van der Waals surface area contributed by atoms with Crippen LogP contribution >= 0.6 is 0 Å². The number of fused-ring (bicyclic) bond motifs is 3. The molecule has 2 aromatic heterocycles. The first-order chi connectivity index (χ1) is 13.4. The van der Waals surface area contributed by atoms with E-state index in [9.17, 15) is 0 Å². The van der Waals surface area contributed by atoms with Crippen LogP contribution in [0.25, 0.3) is 11.1 Å². The fourth-order valence-electron chi connectivity index (χ4n) is 4.24. The molecule has 4 heteroatoms. The summed E-state index contributed by atoms with van der Waals surface area (Å²) in [5.74, 6) is 1.67. The zero-order valence-corrected chi connectivity index (χ0v) is 14.8. The first-order valence-electron chi connectivity index (χ1n) is 9.08. The second-order valence-electron chi connectivity index (χ2n) is 6.86. The van der Waals surface area contributed by atoms with Crippen LogP contribution in [0.5, 0.6) is 0 Å². The van der Waals surface area contributed by atoms with E-state index < -0.39 is 0 Å². The first-order valence-corrected chi connectivity index (χ1v) is 9.08. The quantitative estimate of drug-likeness (QED) is 0.558. The van der Waals surface area contributed by atoms with Crippen LogP contribution < -0.4 is 0 Å². The molecule has 0 N–H and O–H groups in total. The lowest BCUT2D eigenvalue weighted by Crippen LogP contribution is -2.32. The Hall–Kier alpha value is -3.40. The van der Waals surface area contributed by atoms with Crippen LogP contribution in [0.3, 0.4) is 0 Å². The molecule has 0 saturated heterocycles. The largest absolute Gasteiger partial charge is 0.241 e. The van der Waals surface area contributed by atoms with Crippen molar-refractivity contribution in [1.29, 1.82) is 0 Å². The van der Waals surface area contributed by atoms with Gasteiger partial charge in [0.05, 0.1) is 0 Å². The Kier molecular flexibility index (Phi) is 3.75. The summed E-state index contributed by atoms with van der Waals surface area (Å²) in [6, 6.07) is 21.0. The van der Waals surface area contributed by atoms with Crippen LogP contribution in [0.2, 0.25) is 0 Å². The number of nitrogens with zero attached hydrogens (tertiary/aromatic N) is 4. The maximum absolute atomic E-state index is 4.52. The molecule has 1 aliphatic rings. The van der Waals surface area contributed by atoms with Crippen LogP contribution in [-0.2, 0) is 18.3 Å². The fourth-order valence-corrected chi connectivity index (χ4v) is 4.24. The van der Waals surface area contributed by atoms with Gasteiger partial charge >= 0.3 is 0 Å². The normalized spacial score (nSPS) is 13.8. The van der Waals surface area contributed by atoms with Gasteiger partial charge in [0.1, 0.15) is 11.6 Å². The van der Waals surface area contributed by atoms with Gasteiger partial charge in [-0.2, -0.15) is 0 Å². The standard InChI is InChI=1S/C23H18N4/c1-3-9-19-17(7-1)18-8-2-4-10-20(18)23(19,15-21-24-11-5-12-25-21)16-22-26-13-6-14-27-22/h1-14H,15-16H2. The topological polar surface area (TPSA) is 51.6 Å². The molecule has 0 saturated carbocycles. The Morgan fingerprint density at radius 2 is 0.926 bits per heavy atom. The molecule has 0 bridgehead atoms. The van der Waals surface area contributed by atoms with Crippen molar-refractivity contribution in [3.05, 3.63) is 108 Å². The van der Waals surface area contributed by atoms with Crippen LogP contribution in [-0.4, -0.2) is 19.9 Å². The van der Waals surface area contributed by atoms with Crippen molar-refractivity contribution in [2.75, 3.05) is 0 Å². The highest BCUT2D eigenvalue weighted by Gasteiger charge is 2.44. The summed E-state index contributed by atoms with van der Waals surface area (Å²) in [5, 5.41) is 0. The van der Waals surface area contributed by atoms with Crippen molar-refractivity contribution in [2.45, 2.75) is 18.3 Å². The third-order valence-electron chi connectivity index (χ3n) is 5.33. The summed E-state index contributed by atoms with van der Waals surface area (Å²) in [5.41, 5.74) is 4.87. The van der Waals surface area contributed by atoms with Crippen molar-refractivity contribution < 1.29 is 0 Å². The van der Waals surface area contributed by atoms with Crippen molar-refractivity contribution in [2.24, 2.45) is 0 Å². The highest BCUT2D eigenvalue weighted by molar-refractivity contribution is 5.81. The molecular formula is C23H18N4. The zero-order chi connectivity index (χ0) is 18.1. The molecule has 1 aliphatic carbocycles. The van der Waals surface area contributed by atoms with Crippen molar-refractivity contribution in [3.8, 4) is 11.1 Å². The van der Waals surface area contributed by atoms with Crippen LogP contribution in [0.1, 0.15) is 22.8 Å². The Labute approximate surface area is 158 Å². The van der Waals surface area contributed by atoms with Crippen LogP contribution in [0.15, 0.2) is 85.5 Å². The van der Waals surface area contributed by atoms with E-state index in [1.807, 2.05) is 36.9 Å². The molecule has 27 heavy (non-hydrogen) atoms. The van der Waals surface area contributed by atoms with E-state index in [0.717, 1.165) is 11.6 Å². The summed E-state index contributed by atoms with van der Waals surface area (Å²) >= 11 is 0. The summed E-state index contributed by atoms with van der Waals surface area (Å²) in [6.07, 6.45) is 8.65. The summed E-state index contributed by atoms with van der Waals surface area (Å²) < 4.78 is 0. The number of hydrogen-bond donors (Lipinski definition) is 0. The predicted octanol–water partition coefficient (Wildman–Crippen LogP) is 4.02. The molecular weight excluding hydrogens is 332 g/mol. The van der Waals surface area contributed by atoms with E-state index in [4.69, 9.17) is 0 Å². The zero-order valence-electron chi connectivity index (χ0n) is 14.8. The van der Waals surface area contributed by atoms with Gasteiger partial charge in [-0.25, -0.2) is 19.9 Å². The first kappa shape index (κ1) is 15.8. The summed E-state index contributed by atoms with van der Waals surface area (Å²) in [7, 11) is 0. The lowest BCUT2D eigenvalue weighted by Gasteiger charge is -2.31. The summed E-state index contributed by atoms with van der Waals surface area (Å²) in [6.45, 7) is 0. The second kappa shape index (κ2) is 6.40. The molecule has 4 nitrogen and oxygen atoms in total. The molecule has 0 atom stereocenters. The van der Waals surface area contributed by atoms with Crippen molar-refractivity contribution in [3.63, 3.8) is 0 Å². The Balaban J connectivity index is 1.75. The minimum atomic E-state index is -0.282. The predicted molar refractivity (Wildman–Crippen MR) is 104 cm³/mol. The molecule has 0 fully saturated rings. The van der Waals surface area contributed by atoms with E-state index in [2.05, 4.69) is 68.5 Å². The monoisotopic (exact) mass is 350 g/mol. The highest BCUT2D eigenvalue weighted by atomic mass is 14.9. The van der Waals surface area contributed by atoms with Gasteiger partial charge in [0.25, 0.3) is 0 Å². The van der Waals surface area contributed by atoms with Gasteiger partial charge in [-0.3, -0.25) is 0 Å². The second-order valence-corrected chi connectivity index (χ2v) is 6.86. The van der Waals surface area contributed by atoms with Crippen molar-refractivity contribution in [1.82, 2.24) is 19.9 Å². The van der Waals surface area contributed by atoms with Gasteiger partial charge < -0.3 is 0 Å². The number of hydrogen-bond acceptors (Lipinski definition) is 4. The Bertz CT molecular complexity index is 989.